The van der Waals surface area contributed by atoms with Crippen LogP contribution in [-0.4, -0.2) is 34.8 Å². The highest BCUT2D eigenvalue weighted by molar-refractivity contribution is 6.05. The van der Waals surface area contributed by atoms with Gasteiger partial charge in [0.25, 0.3) is 5.91 Å². The Morgan fingerprint density at radius 1 is 1.06 bits per heavy atom. The van der Waals surface area contributed by atoms with E-state index in [0.29, 0.717) is 0 Å². The van der Waals surface area contributed by atoms with Gasteiger partial charge in [-0.25, -0.2) is 0 Å². The number of nitrogens with one attached hydrogen (secondary N) is 2. The summed E-state index contributed by atoms with van der Waals surface area (Å²) >= 11 is 0. The molecule has 17 heavy (non-hydrogen) atoms. The fraction of sp³-hybridized carbons (Fsp3) is 0.200. The summed E-state index contributed by atoms with van der Waals surface area (Å²) in [7, 11) is 0. The average Bonchev–Trinajstić information content (AvgIpc) is 2.28. The zero-order chi connectivity index (χ0) is 13.4. The first-order valence-electron chi connectivity index (χ1n) is 4.52. The van der Waals surface area contributed by atoms with Crippen LogP contribution in [0.2, 0.25) is 0 Å². The molecule has 0 heterocycles. The quantitative estimate of drug-likeness (QED) is 0.501. The maximum atomic E-state index is 11.1. The highest BCUT2D eigenvalue weighted by Crippen LogP contribution is 1.92. The van der Waals surface area contributed by atoms with E-state index in [4.69, 9.17) is 0 Å². The lowest BCUT2D eigenvalue weighted by molar-refractivity contribution is -0.139. The number of rotatable bonds is 5. The number of aliphatic hydroxyl groups is 1. The van der Waals surface area contributed by atoms with E-state index in [2.05, 4.69) is 13.2 Å². The third-order valence-electron chi connectivity index (χ3n) is 1.56. The van der Waals surface area contributed by atoms with E-state index >= 15 is 0 Å². The van der Waals surface area contributed by atoms with Crippen LogP contribution >= 0.6 is 0 Å². The van der Waals surface area contributed by atoms with Crippen molar-refractivity contribution in [2.24, 2.45) is 0 Å². The minimum Gasteiger partial charge on any atom is -0.383 e. The first kappa shape index (κ1) is 14.7. The minimum atomic E-state index is -1.73. The van der Waals surface area contributed by atoms with Gasteiger partial charge in [0.2, 0.25) is 17.7 Å². The van der Waals surface area contributed by atoms with Crippen LogP contribution in [0.15, 0.2) is 25.3 Å². The summed E-state index contributed by atoms with van der Waals surface area (Å²) in [5.74, 6) is -3.44. The number of hydrogen-bond acceptors (Lipinski definition) is 5. The molecule has 0 radical (unpaired) electrons. The van der Waals surface area contributed by atoms with Gasteiger partial charge in [-0.05, 0) is 12.2 Å². The topological polar surface area (TPSA) is 113 Å². The number of hydrogen-bond donors (Lipinski definition) is 3. The van der Waals surface area contributed by atoms with Crippen LogP contribution in [0.5, 0.6) is 0 Å². The number of amides is 4. The first-order valence-corrected chi connectivity index (χ1v) is 4.52. The Kier molecular flexibility index (Phi) is 6.12. The lowest BCUT2D eigenvalue weighted by atomic mass is 10.2. The van der Waals surface area contributed by atoms with Gasteiger partial charge in [-0.3, -0.25) is 29.8 Å². The van der Waals surface area contributed by atoms with Gasteiger partial charge in [0, 0.05) is 0 Å². The van der Waals surface area contributed by atoms with Crippen LogP contribution in [0.3, 0.4) is 0 Å². The molecule has 0 aromatic carbocycles. The Morgan fingerprint density at radius 2 is 1.53 bits per heavy atom. The fourth-order valence-corrected chi connectivity index (χ4v) is 0.764. The van der Waals surface area contributed by atoms with Gasteiger partial charge in [-0.2, -0.15) is 0 Å². The first-order chi connectivity index (χ1) is 7.90. The monoisotopic (exact) mass is 240 g/mol. The van der Waals surface area contributed by atoms with Crippen LogP contribution < -0.4 is 10.6 Å². The van der Waals surface area contributed by atoms with Crippen LogP contribution in [0.25, 0.3) is 0 Å². The molecule has 0 fully saturated rings. The molecular formula is C10H12N2O5. The van der Waals surface area contributed by atoms with Crippen LogP contribution in [0.4, 0.5) is 0 Å². The van der Waals surface area contributed by atoms with Gasteiger partial charge in [0.05, 0.1) is 6.42 Å². The summed E-state index contributed by atoms with van der Waals surface area (Å²) < 4.78 is 0. The summed E-state index contributed by atoms with van der Waals surface area (Å²) in [6, 6.07) is 0. The molecule has 0 saturated carbocycles. The third kappa shape index (κ3) is 6.00. The molecule has 0 bridgehead atoms. The highest BCUT2D eigenvalue weighted by Gasteiger charge is 2.20. The average molecular weight is 240 g/mol. The zero-order valence-electron chi connectivity index (χ0n) is 8.93. The molecule has 0 saturated heterocycles. The largest absolute Gasteiger partial charge is 0.383 e. The van der Waals surface area contributed by atoms with Crippen molar-refractivity contribution >= 4 is 23.6 Å². The van der Waals surface area contributed by atoms with Gasteiger partial charge in [-0.15, -0.1) is 0 Å². The third-order valence-corrected chi connectivity index (χ3v) is 1.56. The van der Waals surface area contributed by atoms with Gasteiger partial charge in [0.1, 0.15) is 6.10 Å². The number of carbonyl (C=O) groups is 4. The van der Waals surface area contributed by atoms with E-state index in [0.717, 1.165) is 12.2 Å². The fourth-order valence-electron chi connectivity index (χ4n) is 0.764. The molecule has 0 aliphatic carbocycles. The van der Waals surface area contributed by atoms with E-state index in [1.807, 2.05) is 5.32 Å². The van der Waals surface area contributed by atoms with Crippen molar-refractivity contribution in [2.75, 3.05) is 0 Å². The van der Waals surface area contributed by atoms with E-state index in [1.165, 1.54) is 0 Å². The Balaban J connectivity index is 4.20. The van der Waals surface area contributed by atoms with E-state index in [1.54, 1.807) is 5.32 Å². The maximum Gasteiger partial charge on any atom is 0.256 e. The minimum absolute atomic E-state index is 0.643. The zero-order valence-corrected chi connectivity index (χ0v) is 8.93. The molecule has 0 aliphatic heterocycles. The molecule has 0 aromatic rings. The Hall–Kier alpha value is -2.28. The molecule has 0 aliphatic rings. The van der Waals surface area contributed by atoms with Gasteiger partial charge >= 0.3 is 0 Å². The summed E-state index contributed by atoms with van der Waals surface area (Å²) in [6.45, 7) is 6.22. The molecule has 7 heteroatoms. The molecule has 1 unspecified atom stereocenters. The van der Waals surface area contributed by atoms with Crippen LogP contribution in [0.1, 0.15) is 6.42 Å². The lowest BCUT2D eigenvalue weighted by Gasteiger charge is -2.08. The Bertz CT molecular complexity index is 375. The SMILES string of the molecule is C=CC(=O)NC(=O)CC(O)C(=O)NC(=O)C=C. The second-order valence-corrected chi connectivity index (χ2v) is 2.89. The van der Waals surface area contributed by atoms with Gasteiger partial charge in [0.15, 0.2) is 0 Å². The molecule has 1 atom stereocenters. The molecular weight excluding hydrogens is 228 g/mol. The molecule has 7 nitrogen and oxygen atoms in total. The van der Waals surface area contributed by atoms with Gasteiger partial charge in [-0.1, -0.05) is 13.2 Å². The molecule has 92 valence electrons. The van der Waals surface area contributed by atoms with Crippen molar-refractivity contribution in [3.8, 4) is 0 Å². The number of imide groups is 2. The molecule has 0 aromatic heterocycles. The summed E-state index contributed by atoms with van der Waals surface area (Å²) in [5, 5.41) is 12.8. The van der Waals surface area contributed by atoms with E-state index in [-0.39, 0.29) is 0 Å². The van der Waals surface area contributed by atoms with Crippen molar-refractivity contribution in [1.82, 2.24) is 10.6 Å². The van der Waals surface area contributed by atoms with Crippen molar-refractivity contribution in [3.05, 3.63) is 25.3 Å². The van der Waals surface area contributed by atoms with E-state index < -0.39 is 36.2 Å². The predicted octanol–water partition coefficient (Wildman–Crippen LogP) is -1.60. The summed E-state index contributed by atoms with van der Waals surface area (Å²) in [5.41, 5.74) is 0. The molecule has 4 amide bonds. The normalized spacial score (nSPS) is 10.9. The van der Waals surface area contributed by atoms with Crippen molar-refractivity contribution in [1.29, 1.82) is 0 Å². The van der Waals surface area contributed by atoms with E-state index in [9.17, 15) is 24.3 Å². The number of carbonyl (C=O) groups excluding carboxylic acids is 4. The second-order valence-electron chi connectivity index (χ2n) is 2.89. The van der Waals surface area contributed by atoms with Crippen molar-refractivity contribution in [3.63, 3.8) is 0 Å². The Morgan fingerprint density at radius 3 is 2.00 bits per heavy atom. The van der Waals surface area contributed by atoms with Gasteiger partial charge < -0.3 is 5.11 Å². The second kappa shape index (κ2) is 7.07. The summed E-state index contributed by atoms with van der Waals surface area (Å²) in [4.78, 5) is 43.6. The standard InChI is InChI=1S/C10H12N2O5/c1-3-7(14)11-9(16)5-6(13)10(17)12-8(15)4-2/h3-4,6,13H,1-2,5H2,(H,11,14,16)(H,12,15,17). The Labute approximate surface area is 97.2 Å². The maximum absolute atomic E-state index is 11.1. The smallest absolute Gasteiger partial charge is 0.256 e. The summed E-state index contributed by atoms with van der Waals surface area (Å²) in [6.07, 6.45) is -0.663. The number of aliphatic hydroxyl groups excluding tert-OH is 1. The molecule has 3 N–H and O–H groups in total. The van der Waals surface area contributed by atoms with Crippen molar-refractivity contribution < 1.29 is 24.3 Å². The molecule has 0 rings (SSSR count). The lowest BCUT2D eigenvalue weighted by Crippen LogP contribution is -2.41. The molecule has 0 spiro atoms. The predicted molar refractivity (Wildman–Crippen MR) is 57.3 cm³/mol. The highest BCUT2D eigenvalue weighted by atomic mass is 16.3. The van der Waals surface area contributed by atoms with Crippen LogP contribution in [0, 0.1) is 0 Å². The van der Waals surface area contributed by atoms with Crippen LogP contribution in [-0.2, 0) is 19.2 Å². The van der Waals surface area contributed by atoms with Crippen molar-refractivity contribution in [2.45, 2.75) is 12.5 Å².